The number of nitrogens with one attached hydrogen (secondary N) is 2. The van der Waals surface area contributed by atoms with Crippen molar-refractivity contribution in [2.45, 2.75) is 13.1 Å². The molecule has 26 heavy (non-hydrogen) atoms. The largest absolute Gasteiger partial charge is 0.416 e. The molecule has 0 aliphatic heterocycles. The summed E-state index contributed by atoms with van der Waals surface area (Å²) in [7, 11) is 1.74. The smallest absolute Gasteiger partial charge is 0.376 e. The molecule has 2 N–H and O–H groups in total. The Morgan fingerprint density at radius 1 is 1.38 bits per heavy atom. The molecule has 136 valence electrons. The number of hydrazone groups is 1. The zero-order chi connectivity index (χ0) is 19.3. The van der Waals surface area contributed by atoms with Crippen LogP contribution in [0.25, 0.3) is 0 Å². The number of amides is 1. The molecule has 0 spiro atoms. The summed E-state index contributed by atoms with van der Waals surface area (Å²) in [5.41, 5.74) is 3.60. The van der Waals surface area contributed by atoms with E-state index in [-0.39, 0.29) is 12.2 Å². The highest BCUT2D eigenvalue weighted by Crippen LogP contribution is 2.30. The third-order valence-corrected chi connectivity index (χ3v) is 3.72. The van der Waals surface area contributed by atoms with Crippen molar-refractivity contribution in [2.24, 2.45) is 12.1 Å². The van der Waals surface area contributed by atoms with Gasteiger partial charge in [-0.05, 0) is 31.2 Å². The van der Waals surface area contributed by atoms with Gasteiger partial charge in [-0.1, -0.05) is 6.07 Å². The van der Waals surface area contributed by atoms with Crippen LogP contribution >= 0.6 is 0 Å². The first-order valence-electron chi connectivity index (χ1n) is 7.52. The fourth-order valence-electron chi connectivity index (χ4n) is 2.16. The van der Waals surface area contributed by atoms with Crippen LogP contribution in [0.5, 0.6) is 0 Å². The second-order valence-corrected chi connectivity index (χ2v) is 5.47. The number of aromatic nitrogens is 1. The van der Waals surface area contributed by atoms with Gasteiger partial charge in [0.25, 0.3) is 5.91 Å². The second kappa shape index (κ2) is 7.74. The van der Waals surface area contributed by atoms with Crippen molar-refractivity contribution in [3.05, 3.63) is 52.8 Å². The Hall–Kier alpha value is -3.28. The predicted octanol–water partition coefficient (Wildman–Crippen LogP) is 2.79. The maximum absolute atomic E-state index is 12.6. The summed E-state index contributed by atoms with van der Waals surface area (Å²) >= 11 is 0. The SMILES string of the molecule is Cc1c(C=NNC(=O)CNc2cccc(C(F)(F)F)c2)cc(C#N)n1C. The number of alkyl halides is 3. The van der Waals surface area contributed by atoms with Gasteiger partial charge in [-0.3, -0.25) is 4.79 Å². The molecule has 0 atom stereocenters. The van der Waals surface area contributed by atoms with E-state index in [1.807, 2.05) is 6.07 Å². The minimum atomic E-state index is -4.44. The van der Waals surface area contributed by atoms with Crippen molar-refractivity contribution >= 4 is 17.8 Å². The second-order valence-electron chi connectivity index (χ2n) is 5.47. The molecule has 0 aliphatic carbocycles. The van der Waals surface area contributed by atoms with Crippen molar-refractivity contribution in [3.8, 4) is 6.07 Å². The molecular weight excluding hydrogens is 347 g/mol. The zero-order valence-corrected chi connectivity index (χ0v) is 14.1. The van der Waals surface area contributed by atoms with Crippen LogP contribution in [0.2, 0.25) is 0 Å². The molecule has 1 aromatic carbocycles. The average Bonchev–Trinajstić information content (AvgIpc) is 2.87. The Kier molecular flexibility index (Phi) is 5.67. The summed E-state index contributed by atoms with van der Waals surface area (Å²) in [6, 6.07) is 8.23. The highest BCUT2D eigenvalue weighted by Gasteiger charge is 2.30. The number of benzene rings is 1. The first kappa shape index (κ1) is 19.1. The highest BCUT2D eigenvalue weighted by atomic mass is 19.4. The molecule has 0 fully saturated rings. The molecule has 6 nitrogen and oxygen atoms in total. The molecule has 0 bridgehead atoms. The maximum atomic E-state index is 12.6. The summed E-state index contributed by atoms with van der Waals surface area (Å²) in [6.45, 7) is 1.56. The van der Waals surface area contributed by atoms with Gasteiger partial charge in [0.15, 0.2) is 0 Å². The van der Waals surface area contributed by atoms with Crippen molar-refractivity contribution in [1.29, 1.82) is 5.26 Å². The monoisotopic (exact) mass is 363 g/mol. The Labute approximate surface area is 147 Å². The van der Waals surface area contributed by atoms with E-state index < -0.39 is 17.6 Å². The standard InChI is InChI=1S/C17H16F3N5O/c1-11-12(6-15(8-21)25(11)2)9-23-24-16(26)10-22-14-5-3-4-13(7-14)17(18,19)20/h3-7,9,22H,10H2,1-2H3,(H,24,26). The number of nitrogens with zero attached hydrogens (tertiary/aromatic N) is 3. The molecule has 2 rings (SSSR count). The molecular formula is C17H16F3N5O. The molecule has 1 heterocycles. The van der Waals surface area contributed by atoms with Crippen molar-refractivity contribution in [3.63, 3.8) is 0 Å². The molecule has 0 radical (unpaired) electrons. The molecule has 2 aromatic rings. The molecule has 1 amide bonds. The number of hydrogen-bond acceptors (Lipinski definition) is 4. The van der Waals surface area contributed by atoms with Gasteiger partial charge in [0, 0.05) is 24.0 Å². The van der Waals surface area contributed by atoms with E-state index in [0.29, 0.717) is 11.3 Å². The Morgan fingerprint density at radius 2 is 2.12 bits per heavy atom. The fraction of sp³-hybridized carbons (Fsp3) is 0.235. The third kappa shape index (κ3) is 4.63. The van der Waals surface area contributed by atoms with Gasteiger partial charge in [-0.2, -0.15) is 23.5 Å². The lowest BCUT2D eigenvalue weighted by atomic mass is 10.2. The van der Waals surface area contributed by atoms with E-state index in [1.54, 1.807) is 24.6 Å². The van der Waals surface area contributed by atoms with Crippen LogP contribution in [-0.2, 0) is 18.0 Å². The first-order valence-corrected chi connectivity index (χ1v) is 7.52. The highest BCUT2D eigenvalue weighted by molar-refractivity contribution is 5.85. The first-order chi connectivity index (χ1) is 12.2. The lowest BCUT2D eigenvalue weighted by Gasteiger charge is -2.10. The minimum Gasteiger partial charge on any atom is -0.376 e. The molecule has 9 heteroatoms. The average molecular weight is 363 g/mol. The van der Waals surface area contributed by atoms with Crippen molar-refractivity contribution < 1.29 is 18.0 Å². The normalized spacial score (nSPS) is 11.4. The Balaban J connectivity index is 1.91. The number of halogens is 3. The van der Waals surface area contributed by atoms with Crippen LogP contribution in [0.4, 0.5) is 18.9 Å². The molecule has 0 saturated carbocycles. The summed E-state index contributed by atoms with van der Waals surface area (Å²) in [5.74, 6) is -0.521. The van der Waals surface area contributed by atoms with Crippen molar-refractivity contribution in [1.82, 2.24) is 9.99 Å². The van der Waals surface area contributed by atoms with Gasteiger partial charge in [0.1, 0.15) is 11.8 Å². The Bertz CT molecular complexity index is 877. The van der Waals surface area contributed by atoms with Crippen LogP contribution in [0, 0.1) is 18.3 Å². The van der Waals surface area contributed by atoms with Crippen LogP contribution < -0.4 is 10.7 Å². The zero-order valence-electron chi connectivity index (χ0n) is 14.1. The van der Waals surface area contributed by atoms with E-state index in [1.165, 1.54) is 18.3 Å². The lowest BCUT2D eigenvalue weighted by Crippen LogP contribution is -2.26. The number of carbonyl (C=O) groups is 1. The van der Waals surface area contributed by atoms with Gasteiger partial charge in [0.05, 0.1) is 18.3 Å². The number of rotatable bonds is 5. The number of nitriles is 1. The molecule has 1 aromatic heterocycles. The molecule has 0 unspecified atom stereocenters. The van der Waals surface area contributed by atoms with Crippen LogP contribution in [0.1, 0.15) is 22.5 Å². The van der Waals surface area contributed by atoms with Crippen LogP contribution in [0.15, 0.2) is 35.4 Å². The summed E-state index contributed by atoms with van der Waals surface area (Å²) in [4.78, 5) is 11.7. The van der Waals surface area contributed by atoms with Crippen LogP contribution in [0.3, 0.4) is 0 Å². The van der Waals surface area contributed by atoms with Gasteiger partial charge in [-0.15, -0.1) is 0 Å². The topological polar surface area (TPSA) is 82.2 Å². The predicted molar refractivity (Wildman–Crippen MR) is 90.5 cm³/mol. The van der Waals surface area contributed by atoms with Gasteiger partial charge in [-0.25, -0.2) is 5.43 Å². The van der Waals surface area contributed by atoms with E-state index in [0.717, 1.165) is 17.8 Å². The van der Waals surface area contributed by atoms with E-state index in [9.17, 15) is 18.0 Å². The number of carbonyl (C=O) groups excluding carboxylic acids is 1. The van der Waals surface area contributed by atoms with Gasteiger partial charge in [0.2, 0.25) is 0 Å². The minimum absolute atomic E-state index is 0.177. The summed E-state index contributed by atoms with van der Waals surface area (Å²) in [6.07, 6.45) is -3.04. The maximum Gasteiger partial charge on any atom is 0.416 e. The quantitative estimate of drug-likeness (QED) is 0.633. The summed E-state index contributed by atoms with van der Waals surface area (Å²) in [5, 5.41) is 15.4. The van der Waals surface area contributed by atoms with Crippen LogP contribution in [-0.4, -0.2) is 23.2 Å². The molecule has 0 aliphatic rings. The fourth-order valence-corrected chi connectivity index (χ4v) is 2.16. The molecule has 0 saturated heterocycles. The number of anilines is 1. The Morgan fingerprint density at radius 3 is 2.73 bits per heavy atom. The number of hydrogen-bond donors (Lipinski definition) is 2. The van der Waals surface area contributed by atoms with Gasteiger partial charge >= 0.3 is 6.18 Å². The summed E-state index contributed by atoms with van der Waals surface area (Å²) < 4.78 is 39.6. The van der Waals surface area contributed by atoms with E-state index in [4.69, 9.17) is 5.26 Å². The van der Waals surface area contributed by atoms with Crippen molar-refractivity contribution in [2.75, 3.05) is 11.9 Å². The van der Waals surface area contributed by atoms with E-state index in [2.05, 4.69) is 15.8 Å². The third-order valence-electron chi connectivity index (χ3n) is 3.72. The lowest BCUT2D eigenvalue weighted by molar-refractivity contribution is -0.137. The van der Waals surface area contributed by atoms with E-state index >= 15 is 0 Å². The van der Waals surface area contributed by atoms with Gasteiger partial charge < -0.3 is 9.88 Å².